The summed E-state index contributed by atoms with van der Waals surface area (Å²) < 4.78 is 0. The lowest BCUT2D eigenvalue weighted by Gasteiger charge is -2.23. The average molecular weight is 212 g/mol. The van der Waals surface area contributed by atoms with E-state index in [4.69, 9.17) is 0 Å². The van der Waals surface area contributed by atoms with Crippen molar-refractivity contribution in [3.63, 3.8) is 0 Å². The number of hydrogen-bond acceptors (Lipinski definition) is 3. The summed E-state index contributed by atoms with van der Waals surface area (Å²) in [5, 5.41) is 4.76. The second kappa shape index (κ2) is 5.06. The Morgan fingerprint density at radius 3 is 2.79 bits per heavy atom. The molecule has 0 aromatic rings. The van der Waals surface area contributed by atoms with Crippen molar-refractivity contribution < 1.29 is 0 Å². The summed E-state index contributed by atoms with van der Waals surface area (Å²) in [6, 6.07) is 0.627. The molecular weight excluding hydrogens is 192 g/mol. The van der Waals surface area contributed by atoms with Gasteiger partial charge in [-0.05, 0) is 32.1 Å². The average Bonchev–Trinajstić information content (AvgIpc) is 2.72. The quantitative estimate of drug-likeness (QED) is 0.761. The molecule has 0 saturated heterocycles. The van der Waals surface area contributed by atoms with E-state index in [9.17, 15) is 0 Å². The lowest BCUT2D eigenvalue weighted by molar-refractivity contribution is 0.427. The molecule has 2 rings (SSSR count). The summed E-state index contributed by atoms with van der Waals surface area (Å²) in [5.41, 5.74) is 0. The Kier molecular flexibility index (Phi) is 3.74. The molecule has 0 spiro atoms. The van der Waals surface area contributed by atoms with Crippen LogP contribution in [0.1, 0.15) is 39.0 Å². The van der Waals surface area contributed by atoms with Crippen molar-refractivity contribution in [2.75, 3.05) is 12.3 Å². The van der Waals surface area contributed by atoms with Crippen molar-refractivity contribution in [2.45, 2.75) is 45.1 Å². The Balaban J connectivity index is 1.80. The topological polar surface area (TPSA) is 24.4 Å². The van der Waals surface area contributed by atoms with Crippen LogP contribution in [0.15, 0.2) is 4.99 Å². The van der Waals surface area contributed by atoms with E-state index >= 15 is 0 Å². The number of aliphatic imine (C=N–C) groups is 1. The number of amidine groups is 1. The molecule has 1 unspecified atom stereocenters. The first kappa shape index (κ1) is 10.3. The molecular formula is C11H20N2S. The molecule has 3 heteroatoms. The summed E-state index contributed by atoms with van der Waals surface area (Å²) in [5.74, 6) is 2.13. The summed E-state index contributed by atoms with van der Waals surface area (Å²) in [6.45, 7) is 3.33. The van der Waals surface area contributed by atoms with E-state index in [-0.39, 0.29) is 0 Å². The maximum atomic E-state index is 4.51. The zero-order valence-corrected chi connectivity index (χ0v) is 9.78. The number of nitrogens with zero attached hydrogens (tertiary/aromatic N) is 1. The molecule has 0 amide bonds. The third-order valence-electron chi connectivity index (χ3n) is 3.25. The smallest absolute Gasteiger partial charge is 0.156 e. The van der Waals surface area contributed by atoms with Gasteiger partial charge in [0.15, 0.2) is 5.17 Å². The normalized spacial score (nSPS) is 25.9. The van der Waals surface area contributed by atoms with Crippen molar-refractivity contribution >= 4 is 16.9 Å². The van der Waals surface area contributed by atoms with Gasteiger partial charge in [0.05, 0.1) is 0 Å². The van der Waals surface area contributed by atoms with Gasteiger partial charge in [0.2, 0.25) is 0 Å². The highest BCUT2D eigenvalue weighted by atomic mass is 32.2. The highest BCUT2D eigenvalue weighted by Gasteiger charge is 2.22. The van der Waals surface area contributed by atoms with Crippen molar-refractivity contribution in [3.05, 3.63) is 0 Å². The molecule has 0 bridgehead atoms. The largest absolute Gasteiger partial charge is 0.362 e. The highest BCUT2D eigenvalue weighted by Crippen LogP contribution is 2.28. The first-order chi connectivity index (χ1) is 6.86. The van der Waals surface area contributed by atoms with Crippen LogP contribution in [0.4, 0.5) is 0 Å². The van der Waals surface area contributed by atoms with E-state index in [0.29, 0.717) is 6.04 Å². The van der Waals surface area contributed by atoms with Crippen LogP contribution in [0.25, 0.3) is 0 Å². The molecule has 1 atom stereocenters. The number of rotatable bonds is 2. The Hall–Kier alpha value is -0.180. The SMILES string of the molecule is CC(NC1=NCCCS1)C1CCCC1. The molecule has 80 valence electrons. The fourth-order valence-corrected chi connectivity index (χ4v) is 3.24. The van der Waals surface area contributed by atoms with E-state index in [1.807, 2.05) is 11.8 Å². The lowest BCUT2D eigenvalue weighted by Crippen LogP contribution is -2.36. The Morgan fingerprint density at radius 2 is 2.14 bits per heavy atom. The van der Waals surface area contributed by atoms with Crippen LogP contribution in [0.3, 0.4) is 0 Å². The molecule has 1 aliphatic heterocycles. The number of nitrogens with one attached hydrogen (secondary N) is 1. The van der Waals surface area contributed by atoms with Gasteiger partial charge in [-0.1, -0.05) is 24.6 Å². The monoisotopic (exact) mass is 212 g/mol. The van der Waals surface area contributed by atoms with E-state index in [2.05, 4.69) is 17.2 Å². The first-order valence-corrected chi connectivity index (χ1v) is 6.78. The first-order valence-electron chi connectivity index (χ1n) is 5.80. The number of hydrogen-bond donors (Lipinski definition) is 1. The van der Waals surface area contributed by atoms with Gasteiger partial charge in [-0.25, -0.2) is 0 Å². The minimum absolute atomic E-state index is 0.627. The van der Waals surface area contributed by atoms with E-state index in [1.165, 1.54) is 43.0 Å². The molecule has 1 aliphatic carbocycles. The molecule has 0 aromatic carbocycles. The lowest BCUT2D eigenvalue weighted by atomic mass is 10.0. The zero-order chi connectivity index (χ0) is 9.80. The molecule has 1 saturated carbocycles. The summed E-state index contributed by atoms with van der Waals surface area (Å²) in [4.78, 5) is 4.51. The molecule has 2 aliphatic rings. The van der Waals surface area contributed by atoms with Gasteiger partial charge in [0, 0.05) is 18.3 Å². The maximum absolute atomic E-state index is 4.51. The summed E-state index contributed by atoms with van der Waals surface area (Å²) in [7, 11) is 0. The molecule has 1 heterocycles. The minimum Gasteiger partial charge on any atom is -0.362 e. The highest BCUT2D eigenvalue weighted by molar-refractivity contribution is 8.13. The standard InChI is InChI=1S/C11H20N2S/c1-9(10-5-2-3-6-10)13-11-12-7-4-8-14-11/h9-10H,2-8H2,1H3,(H,12,13). The van der Waals surface area contributed by atoms with Crippen LogP contribution < -0.4 is 5.32 Å². The Labute approximate surface area is 90.9 Å². The van der Waals surface area contributed by atoms with Crippen molar-refractivity contribution in [1.29, 1.82) is 0 Å². The van der Waals surface area contributed by atoms with Gasteiger partial charge >= 0.3 is 0 Å². The predicted octanol–water partition coefficient (Wildman–Crippen LogP) is 2.65. The zero-order valence-electron chi connectivity index (χ0n) is 8.96. The summed E-state index contributed by atoms with van der Waals surface area (Å²) >= 11 is 1.89. The second-order valence-electron chi connectivity index (χ2n) is 4.37. The molecule has 0 radical (unpaired) electrons. The molecule has 1 fully saturated rings. The van der Waals surface area contributed by atoms with E-state index < -0.39 is 0 Å². The van der Waals surface area contributed by atoms with Gasteiger partial charge in [0.25, 0.3) is 0 Å². The fourth-order valence-electron chi connectivity index (χ4n) is 2.32. The van der Waals surface area contributed by atoms with Crippen LogP contribution in [-0.2, 0) is 0 Å². The molecule has 0 aromatic heterocycles. The second-order valence-corrected chi connectivity index (χ2v) is 5.45. The fraction of sp³-hybridized carbons (Fsp3) is 0.909. The van der Waals surface area contributed by atoms with E-state index in [0.717, 1.165) is 12.5 Å². The minimum atomic E-state index is 0.627. The van der Waals surface area contributed by atoms with Crippen molar-refractivity contribution in [2.24, 2.45) is 10.9 Å². The third-order valence-corrected chi connectivity index (χ3v) is 4.27. The van der Waals surface area contributed by atoms with Crippen LogP contribution in [0, 0.1) is 5.92 Å². The van der Waals surface area contributed by atoms with E-state index in [1.54, 1.807) is 0 Å². The van der Waals surface area contributed by atoms with Gasteiger partial charge < -0.3 is 5.32 Å². The van der Waals surface area contributed by atoms with Gasteiger partial charge in [-0.3, -0.25) is 4.99 Å². The third kappa shape index (κ3) is 2.66. The van der Waals surface area contributed by atoms with Crippen LogP contribution in [-0.4, -0.2) is 23.5 Å². The van der Waals surface area contributed by atoms with Crippen molar-refractivity contribution in [1.82, 2.24) is 5.32 Å². The van der Waals surface area contributed by atoms with Gasteiger partial charge in [-0.15, -0.1) is 0 Å². The van der Waals surface area contributed by atoms with Gasteiger partial charge in [0.1, 0.15) is 0 Å². The van der Waals surface area contributed by atoms with Crippen molar-refractivity contribution in [3.8, 4) is 0 Å². The maximum Gasteiger partial charge on any atom is 0.156 e. The predicted molar refractivity (Wildman–Crippen MR) is 63.9 cm³/mol. The Morgan fingerprint density at radius 1 is 1.36 bits per heavy atom. The van der Waals surface area contributed by atoms with Crippen LogP contribution in [0.5, 0.6) is 0 Å². The summed E-state index contributed by atoms with van der Waals surface area (Å²) in [6.07, 6.45) is 6.92. The Bertz CT molecular complexity index is 209. The van der Waals surface area contributed by atoms with Gasteiger partial charge in [-0.2, -0.15) is 0 Å². The molecule has 14 heavy (non-hydrogen) atoms. The number of thioether (sulfide) groups is 1. The molecule has 1 N–H and O–H groups in total. The molecule has 2 nitrogen and oxygen atoms in total. The van der Waals surface area contributed by atoms with Crippen LogP contribution in [0.2, 0.25) is 0 Å². The van der Waals surface area contributed by atoms with Crippen LogP contribution >= 0.6 is 11.8 Å².